The number of nitrogens with zero attached hydrogens (tertiary/aromatic N) is 3. The van der Waals surface area contributed by atoms with Crippen molar-refractivity contribution in [1.29, 1.82) is 0 Å². The van der Waals surface area contributed by atoms with Crippen LogP contribution in [0.4, 0.5) is 10.7 Å². The van der Waals surface area contributed by atoms with E-state index in [1.807, 2.05) is 19.0 Å². The van der Waals surface area contributed by atoms with Crippen molar-refractivity contribution in [2.24, 2.45) is 5.10 Å². The summed E-state index contributed by atoms with van der Waals surface area (Å²) in [4.78, 5) is 22.9. The largest absolute Gasteiger partial charge is 0.433 e. The van der Waals surface area contributed by atoms with E-state index in [1.54, 1.807) is 0 Å². The van der Waals surface area contributed by atoms with Gasteiger partial charge in [-0.05, 0) is 20.2 Å². The molecular weight excluding hydrogens is 254 g/mol. The topological polar surface area (TPSA) is 113 Å². The number of likely N-dealkylation sites (N-methyl/N-ethyl adjacent to an activating group) is 1. The minimum Gasteiger partial charge on any atom is -0.400 e. The third-order valence-corrected chi connectivity index (χ3v) is 2.00. The van der Waals surface area contributed by atoms with Crippen LogP contribution in [0.15, 0.2) is 21.7 Å². The predicted octanol–water partition coefficient (Wildman–Crippen LogP) is 0.383. The van der Waals surface area contributed by atoms with Gasteiger partial charge in [0.15, 0.2) is 5.76 Å². The molecule has 2 amide bonds. The first-order valence-corrected chi connectivity index (χ1v) is 5.45. The maximum atomic E-state index is 11.2. The highest BCUT2D eigenvalue weighted by molar-refractivity contribution is 5.79. The number of carbonyl (C=O) groups excluding carboxylic acids is 1. The number of nitro groups is 1. The average molecular weight is 269 g/mol. The number of furan rings is 1. The van der Waals surface area contributed by atoms with Crippen molar-refractivity contribution in [3.63, 3.8) is 0 Å². The fourth-order valence-electron chi connectivity index (χ4n) is 1.10. The third kappa shape index (κ3) is 5.64. The lowest BCUT2D eigenvalue weighted by Gasteiger charge is -2.09. The van der Waals surface area contributed by atoms with Gasteiger partial charge in [0.05, 0.1) is 12.3 Å². The molecule has 1 rings (SSSR count). The van der Waals surface area contributed by atoms with Gasteiger partial charge in [0, 0.05) is 13.1 Å². The lowest BCUT2D eigenvalue weighted by Crippen LogP contribution is -2.36. The van der Waals surface area contributed by atoms with E-state index in [1.165, 1.54) is 18.3 Å². The third-order valence-electron chi connectivity index (χ3n) is 2.00. The van der Waals surface area contributed by atoms with Crippen molar-refractivity contribution in [2.75, 3.05) is 27.2 Å². The first kappa shape index (κ1) is 14.6. The molecule has 0 saturated carbocycles. The van der Waals surface area contributed by atoms with Crippen LogP contribution in [0, 0.1) is 10.1 Å². The number of urea groups is 1. The summed E-state index contributed by atoms with van der Waals surface area (Å²) in [5.74, 6) is -0.197. The summed E-state index contributed by atoms with van der Waals surface area (Å²) < 4.78 is 4.81. The van der Waals surface area contributed by atoms with Gasteiger partial charge >= 0.3 is 11.9 Å². The molecule has 104 valence electrons. The summed E-state index contributed by atoms with van der Waals surface area (Å²) in [6, 6.07) is 2.13. The Balaban J connectivity index is 2.32. The van der Waals surface area contributed by atoms with Gasteiger partial charge in [-0.1, -0.05) is 0 Å². The van der Waals surface area contributed by atoms with Crippen LogP contribution in [0.2, 0.25) is 0 Å². The molecule has 2 N–H and O–H groups in total. The van der Waals surface area contributed by atoms with E-state index in [4.69, 9.17) is 4.42 Å². The van der Waals surface area contributed by atoms with Crippen LogP contribution in [0.1, 0.15) is 5.76 Å². The lowest BCUT2D eigenvalue weighted by molar-refractivity contribution is -0.402. The zero-order chi connectivity index (χ0) is 14.3. The number of carbonyl (C=O) groups is 1. The van der Waals surface area contributed by atoms with Crippen LogP contribution in [0.5, 0.6) is 0 Å². The second-order valence-corrected chi connectivity index (χ2v) is 3.86. The molecule has 0 aliphatic rings. The molecule has 0 aliphatic heterocycles. The fraction of sp³-hybridized carbons (Fsp3) is 0.400. The minimum atomic E-state index is -0.654. The van der Waals surface area contributed by atoms with Gasteiger partial charge in [0.1, 0.15) is 4.92 Å². The highest BCUT2D eigenvalue weighted by Gasteiger charge is 2.10. The Kier molecular flexibility index (Phi) is 5.48. The molecular formula is C10H15N5O4. The molecule has 1 aromatic heterocycles. The Morgan fingerprint density at radius 2 is 2.32 bits per heavy atom. The van der Waals surface area contributed by atoms with Gasteiger partial charge in [-0.25, -0.2) is 10.2 Å². The Hall–Kier alpha value is -2.42. The first-order valence-electron chi connectivity index (χ1n) is 5.45. The van der Waals surface area contributed by atoms with Gasteiger partial charge in [-0.2, -0.15) is 5.10 Å². The Morgan fingerprint density at radius 3 is 2.89 bits per heavy atom. The number of amides is 2. The number of hydrazone groups is 1. The van der Waals surface area contributed by atoms with Crippen molar-refractivity contribution in [3.05, 3.63) is 28.0 Å². The smallest absolute Gasteiger partial charge is 0.400 e. The number of nitrogens with one attached hydrogen (secondary N) is 2. The SMILES string of the molecule is CN(C)CCNC(=O)N/N=C/c1ccc([N+](=O)[O-])o1. The Morgan fingerprint density at radius 1 is 1.58 bits per heavy atom. The average Bonchev–Trinajstić information content (AvgIpc) is 2.77. The molecule has 0 aromatic carbocycles. The molecule has 0 atom stereocenters. The molecule has 0 radical (unpaired) electrons. The Labute approximate surface area is 109 Å². The second kappa shape index (κ2) is 7.11. The van der Waals surface area contributed by atoms with Crippen molar-refractivity contribution < 1.29 is 14.1 Å². The molecule has 0 unspecified atom stereocenters. The molecule has 9 heteroatoms. The van der Waals surface area contributed by atoms with E-state index in [0.717, 1.165) is 0 Å². The summed E-state index contributed by atoms with van der Waals surface area (Å²) in [5, 5.41) is 16.5. The molecule has 0 spiro atoms. The van der Waals surface area contributed by atoms with E-state index in [0.29, 0.717) is 13.1 Å². The minimum absolute atomic E-state index is 0.181. The molecule has 0 bridgehead atoms. The molecule has 0 fully saturated rings. The quantitative estimate of drug-likeness (QED) is 0.440. The van der Waals surface area contributed by atoms with Gasteiger partial charge in [-0.15, -0.1) is 0 Å². The maximum Gasteiger partial charge on any atom is 0.433 e. The lowest BCUT2D eigenvalue weighted by atomic mass is 10.5. The summed E-state index contributed by atoms with van der Waals surface area (Å²) >= 11 is 0. The van der Waals surface area contributed by atoms with Gasteiger partial charge in [0.2, 0.25) is 0 Å². The van der Waals surface area contributed by atoms with Gasteiger partial charge < -0.3 is 14.6 Å². The summed E-state index contributed by atoms with van der Waals surface area (Å²) in [5.41, 5.74) is 2.21. The van der Waals surface area contributed by atoms with Crippen LogP contribution in [-0.2, 0) is 0 Å². The number of hydrogen-bond acceptors (Lipinski definition) is 6. The maximum absolute atomic E-state index is 11.2. The van der Waals surface area contributed by atoms with E-state index in [-0.39, 0.29) is 11.6 Å². The van der Waals surface area contributed by atoms with Crippen molar-refractivity contribution in [3.8, 4) is 0 Å². The molecule has 1 heterocycles. The molecule has 9 nitrogen and oxygen atoms in total. The van der Waals surface area contributed by atoms with Crippen molar-refractivity contribution >= 4 is 18.1 Å². The van der Waals surface area contributed by atoms with E-state index >= 15 is 0 Å². The summed E-state index contributed by atoms with van der Waals surface area (Å²) in [6.45, 7) is 1.20. The van der Waals surface area contributed by atoms with E-state index < -0.39 is 11.0 Å². The predicted molar refractivity (Wildman–Crippen MR) is 68.0 cm³/mol. The van der Waals surface area contributed by atoms with E-state index in [9.17, 15) is 14.9 Å². The summed E-state index contributed by atoms with van der Waals surface area (Å²) in [6.07, 6.45) is 1.18. The second-order valence-electron chi connectivity index (χ2n) is 3.86. The van der Waals surface area contributed by atoms with Crippen LogP contribution in [-0.4, -0.2) is 49.3 Å². The summed E-state index contributed by atoms with van der Waals surface area (Å²) in [7, 11) is 3.78. The van der Waals surface area contributed by atoms with E-state index in [2.05, 4.69) is 15.8 Å². The van der Waals surface area contributed by atoms with Crippen LogP contribution < -0.4 is 10.7 Å². The molecule has 1 aromatic rings. The molecule has 19 heavy (non-hydrogen) atoms. The monoisotopic (exact) mass is 269 g/mol. The van der Waals surface area contributed by atoms with Crippen molar-refractivity contribution in [2.45, 2.75) is 0 Å². The van der Waals surface area contributed by atoms with Gasteiger partial charge in [0.25, 0.3) is 0 Å². The van der Waals surface area contributed by atoms with Crippen molar-refractivity contribution in [1.82, 2.24) is 15.6 Å². The molecule has 0 saturated heterocycles. The highest BCUT2D eigenvalue weighted by atomic mass is 16.6. The first-order chi connectivity index (χ1) is 8.99. The van der Waals surface area contributed by atoms with Crippen LogP contribution in [0.3, 0.4) is 0 Å². The zero-order valence-electron chi connectivity index (χ0n) is 10.6. The number of rotatable bonds is 6. The zero-order valence-corrected chi connectivity index (χ0v) is 10.6. The molecule has 0 aliphatic carbocycles. The van der Waals surface area contributed by atoms with Crippen LogP contribution in [0.25, 0.3) is 0 Å². The van der Waals surface area contributed by atoms with Gasteiger partial charge in [-0.3, -0.25) is 10.1 Å². The Bertz CT molecular complexity index is 468. The number of hydrogen-bond donors (Lipinski definition) is 2. The fourth-order valence-corrected chi connectivity index (χ4v) is 1.10. The normalized spacial score (nSPS) is 10.9. The highest BCUT2D eigenvalue weighted by Crippen LogP contribution is 2.13. The standard InChI is InChI=1S/C10H15N5O4/c1-14(2)6-5-11-10(16)13-12-7-8-3-4-9(19-8)15(17)18/h3-4,7H,5-6H2,1-2H3,(H2,11,13,16)/b12-7+. The van der Waals surface area contributed by atoms with Crippen LogP contribution >= 0.6 is 0 Å².